The van der Waals surface area contributed by atoms with Gasteiger partial charge in [-0.05, 0) is 45.6 Å². The van der Waals surface area contributed by atoms with Gasteiger partial charge < -0.3 is 5.11 Å². The third-order valence-electron chi connectivity index (χ3n) is 2.84. The molecule has 2 aromatic rings. The van der Waals surface area contributed by atoms with Gasteiger partial charge in [-0.2, -0.15) is 4.31 Å². The van der Waals surface area contributed by atoms with Gasteiger partial charge in [0.1, 0.15) is 0 Å². The van der Waals surface area contributed by atoms with Crippen LogP contribution in [-0.4, -0.2) is 30.8 Å². The van der Waals surface area contributed by atoms with Gasteiger partial charge in [0.2, 0.25) is 10.0 Å². The summed E-state index contributed by atoms with van der Waals surface area (Å²) in [6, 6.07) is 7.67. The fourth-order valence-electron chi connectivity index (χ4n) is 1.72. The quantitative estimate of drug-likeness (QED) is 0.852. The van der Waals surface area contributed by atoms with E-state index >= 15 is 0 Å². The Morgan fingerprint density at radius 3 is 2.67 bits per heavy atom. The molecule has 0 unspecified atom stereocenters. The van der Waals surface area contributed by atoms with Gasteiger partial charge in [0.15, 0.2) is 0 Å². The van der Waals surface area contributed by atoms with E-state index in [0.717, 1.165) is 10.9 Å². The van der Waals surface area contributed by atoms with Crippen LogP contribution in [0, 0.1) is 0 Å². The zero-order valence-electron chi connectivity index (χ0n) is 11.0. The maximum atomic E-state index is 12.5. The van der Waals surface area contributed by atoms with Crippen molar-refractivity contribution >= 4 is 43.3 Å². The average molecular weight is 390 g/mol. The molecule has 0 aliphatic carbocycles. The van der Waals surface area contributed by atoms with Crippen LogP contribution in [-0.2, 0) is 16.6 Å². The van der Waals surface area contributed by atoms with Crippen LogP contribution >= 0.6 is 27.3 Å². The molecule has 1 N–H and O–H groups in total. The predicted octanol–water partition coefficient (Wildman–Crippen LogP) is 3.03. The Labute approximate surface area is 135 Å². The highest BCUT2D eigenvalue weighted by molar-refractivity contribution is 9.10. The number of rotatable bonds is 5. The van der Waals surface area contributed by atoms with Gasteiger partial charge in [0, 0.05) is 22.9 Å². The fraction of sp³-hybridized carbons (Fsp3) is 0.154. The molecule has 0 aliphatic heterocycles. The van der Waals surface area contributed by atoms with E-state index in [4.69, 9.17) is 5.11 Å². The summed E-state index contributed by atoms with van der Waals surface area (Å²) in [5.74, 6) is -1.18. The molecule has 0 bridgehead atoms. The molecule has 0 fully saturated rings. The van der Waals surface area contributed by atoms with Crippen molar-refractivity contribution in [2.24, 2.45) is 0 Å². The van der Waals surface area contributed by atoms with Gasteiger partial charge in [-0.3, -0.25) is 0 Å². The molecule has 5 nitrogen and oxygen atoms in total. The molecule has 0 spiro atoms. The van der Waals surface area contributed by atoms with Crippen molar-refractivity contribution in [1.82, 2.24) is 4.31 Å². The number of aromatic carboxylic acids is 1. The Hall–Kier alpha value is -1.22. The number of carbonyl (C=O) groups is 1. The number of halogens is 1. The summed E-state index contributed by atoms with van der Waals surface area (Å²) in [5.41, 5.74) is -0.0828. The van der Waals surface area contributed by atoms with Crippen LogP contribution < -0.4 is 0 Å². The first-order valence-corrected chi connectivity index (χ1v) is 8.95. The normalized spacial score (nSPS) is 11.8. The number of hydrogen-bond acceptors (Lipinski definition) is 4. The molecule has 1 aromatic heterocycles. The zero-order valence-corrected chi connectivity index (χ0v) is 14.2. The highest BCUT2D eigenvalue weighted by Crippen LogP contribution is 2.24. The molecule has 8 heteroatoms. The van der Waals surface area contributed by atoms with Crippen LogP contribution in [0.3, 0.4) is 0 Å². The largest absolute Gasteiger partial charge is 0.478 e. The molecular formula is C13H12BrNO4S2. The van der Waals surface area contributed by atoms with E-state index in [1.165, 1.54) is 34.8 Å². The third kappa shape index (κ3) is 3.52. The van der Waals surface area contributed by atoms with Crippen LogP contribution in [0.5, 0.6) is 0 Å². The molecule has 2 rings (SSSR count). The Balaban J connectivity index is 2.35. The second-order valence-corrected chi connectivity index (χ2v) is 8.22. The number of nitrogens with zero attached hydrogens (tertiary/aromatic N) is 1. The minimum atomic E-state index is -3.73. The molecule has 0 amide bonds. The molecule has 0 atom stereocenters. The summed E-state index contributed by atoms with van der Waals surface area (Å²) in [6.07, 6.45) is 0. The van der Waals surface area contributed by atoms with Gasteiger partial charge in [0.25, 0.3) is 0 Å². The van der Waals surface area contributed by atoms with Gasteiger partial charge in [0.05, 0.1) is 10.5 Å². The van der Waals surface area contributed by atoms with E-state index < -0.39 is 16.0 Å². The zero-order chi connectivity index (χ0) is 15.6. The smallest absolute Gasteiger partial charge is 0.336 e. The highest BCUT2D eigenvalue weighted by Gasteiger charge is 2.23. The number of carboxylic acids is 1. The summed E-state index contributed by atoms with van der Waals surface area (Å²) in [6.45, 7) is 0.248. The molecule has 0 radical (unpaired) electrons. The predicted molar refractivity (Wildman–Crippen MR) is 84.1 cm³/mol. The first-order valence-electron chi connectivity index (χ1n) is 5.84. The van der Waals surface area contributed by atoms with Crippen molar-refractivity contribution < 1.29 is 18.3 Å². The summed E-state index contributed by atoms with van der Waals surface area (Å²) in [7, 11) is -2.26. The number of benzene rings is 1. The lowest BCUT2D eigenvalue weighted by Gasteiger charge is -2.17. The lowest BCUT2D eigenvalue weighted by molar-refractivity contribution is 0.0695. The van der Waals surface area contributed by atoms with Crippen LogP contribution in [0.25, 0.3) is 0 Å². The van der Waals surface area contributed by atoms with E-state index in [-0.39, 0.29) is 17.0 Å². The average Bonchev–Trinajstić information content (AvgIpc) is 2.91. The summed E-state index contributed by atoms with van der Waals surface area (Å²) < 4.78 is 26.5. The maximum absolute atomic E-state index is 12.5. The third-order valence-corrected chi connectivity index (χ3v) is 6.19. The molecule has 21 heavy (non-hydrogen) atoms. The number of thiophene rings is 1. The first kappa shape index (κ1) is 16.2. The van der Waals surface area contributed by atoms with Crippen LogP contribution in [0.4, 0.5) is 0 Å². The molecule has 1 heterocycles. The van der Waals surface area contributed by atoms with E-state index in [0.29, 0.717) is 4.47 Å². The monoisotopic (exact) mass is 389 g/mol. The van der Waals surface area contributed by atoms with Crippen molar-refractivity contribution in [2.45, 2.75) is 11.4 Å². The Morgan fingerprint density at radius 2 is 2.10 bits per heavy atom. The lowest BCUT2D eigenvalue weighted by atomic mass is 10.2. The van der Waals surface area contributed by atoms with E-state index in [2.05, 4.69) is 15.9 Å². The maximum Gasteiger partial charge on any atom is 0.336 e. The van der Waals surface area contributed by atoms with Crippen molar-refractivity contribution in [3.8, 4) is 0 Å². The second kappa shape index (κ2) is 6.27. The van der Waals surface area contributed by atoms with Crippen LogP contribution in [0.15, 0.2) is 45.1 Å². The van der Waals surface area contributed by atoms with Gasteiger partial charge >= 0.3 is 5.97 Å². The molecular weight excluding hydrogens is 378 g/mol. The number of sulfonamides is 1. The van der Waals surface area contributed by atoms with Crippen molar-refractivity contribution in [2.75, 3.05) is 7.05 Å². The molecule has 0 saturated carbocycles. The van der Waals surface area contributed by atoms with E-state index in [1.807, 2.05) is 17.5 Å². The van der Waals surface area contributed by atoms with Crippen molar-refractivity contribution in [1.29, 1.82) is 0 Å². The Morgan fingerprint density at radius 1 is 1.38 bits per heavy atom. The molecule has 1 aromatic carbocycles. The summed E-state index contributed by atoms with van der Waals surface area (Å²) in [5, 5.41) is 10.9. The molecule has 0 aliphatic rings. The molecule has 112 valence electrons. The molecule has 0 saturated heterocycles. The van der Waals surface area contributed by atoms with Crippen LogP contribution in [0.1, 0.15) is 15.2 Å². The standard InChI is InChI=1S/C13H12BrNO4S2/c1-15(8-9-3-2-6-20-9)21(18,19)10-4-5-12(14)11(7-10)13(16)17/h2-7H,8H2,1H3,(H,16,17). The fourth-order valence-corrected chi connectivity index (χ4v) is 4.15. The summed E-state index contributed by atoms with van der Waals surface area (Å²) in [4.78, 5) is 12.0. The van der Waals surface area contributed by atoms with Gasteiger partial charge in [-0.1, -0.05) is 6.07 Å². The van der Waals surface area contributed by atoms with Crippen LogP contribution in [0.2, 0.25) is 0 Å². The van der Waals surface area contributed by atoms with E-state index in [1.54, 1.807) is 0 Å². The number of carboxylic acid groups (broad SMARTS) is 1. The second-order valence-electron chi connectivity index (χ2n) is 4.29. The van der Waals surface area contributed by atoms with Crippen molar-refractivity contribution in [3.05, 3.63) is 50.6 Å². The summed E-state index contributed by atoms with van der Waals surface area (Å²) >= 11 is 4.56. The minimum absolute atomic E-state index is 0.0397. The van der Waals surface area contributed by atoms with E-state index in [9.17, 15) is 13.2 Å². The Bertz CT molecular complexity index is 756. The topological polar surface area (TPSA) is 74.7 Å². The first-order chi connectivity index (χ1) is 9.82. The van der Waals surface area contributed by atoms with Gasteiger partial charge in [-0.15, -0.1) is 11.3 Å². The minimum Gasteiger partial charge on any atom is -0.478 e. The SMILES string of the molecule is CN(Cc1cccs1)S(=O)(=O)c1ccc(Br)c(C(=O)O)c1. The van der Waals surface area contributed by atoms with Gasteiger partial charge in [-0.25, -0.2) is 13.2 Å². The van der Waals surface area contributed by atoms with Crippen molar-refractivity contribution in [3.63, 3.8) is 0 Å². The highest BCUT2D eigenvalue weighted by atomic mass is 79.9. The number of hydrogen-bond donors (Lipinski definition) is 1. The Kier molecular flexibility index (Phi) is 4.82. The lowest BCUT2D eigenvalue weighted by Crippen LogP contribution is -2.26.